The second-order valence-corrected chi connectivity index (χ2v) is 6.63. The van der Waals surface area contributed by atoms with Gasteiger partial charge in [0.2, 0.25) is 5.91 Å². The number of aromatic nitrogens is 2. The van der Waals surface area contributed by atoms with Crippen LogP contribution in [0.1, 0.15) is 25.7 Å². The third-order valence-electron chi connectivity index (χ3n) is 4.63. The number of fused-ring (bicyclic) bond motifs is 1. The Hall–Kier alpha value is -1.99. The lowest BCUT2D eigenvalue weighted by molar-refractivity contribution is -0.121. The molecular weight excluding hydrogens is 326 g/mol. The van der Waals surface area contributed by atoms with Gasteiger partial charge in [-0.1, -0.05) is 18.6 Å². The van der Waals surface area contributed by atoms with E-state index in [9.17, 15) is 14.7 Å². The van der Waals surface area contributed by atoms with E-state index in [2.05, 4.69) is 10.3 Å². The zero-order valence-corrected chi connectivity index (χ0v) is 14.1. The summed E-state index contributed by atoms with van der Waals surface area (Å²) >= 11 is 5.23. The molecule has 3 rings (SSSR count). The van der Waals surface area contributed by atoms with Crippen molar-refractivity contribution >= 4 is 29.0 Å². The van der Waals surface area contributed by atoms with Crippen LogP contribution < -0.4 is 10.9 Å². The molecule has 3 N–H and O–H groups in total. The molecule has 2 atom stereocenters. The number of aliphatic hydroxyl groups is 1. The fourth-order valence-corrected chi connectivity index (χ4v) is 3.49. The SMILES string of the molecule is O=C(CCn1c(=S)[nH]c2ccccc2c1=O)NC[C@@H]1CCC[C@H]1O. The lowest BCUT2D eigenvalue weighted by atomic mass is 10.1. The summed E-state index contributed by atoms with van der Waals surface area (Å²) in [4.78, 5) is 27.5. The molecule has 2 aromatic rings. The van der Waals surface area contributed by atoms with E-state index in [-0.39, 0.29) is 36.5 Å². The van der Waals surface area contributed by atoms with Crippen LogP contribution in [0.3, 0.4) is 0 Å². The Labute approximate surface area is 144 Å². The van der Waals surface area contributed by atoms with Gasteiger partial charge in [0.1, 0.15) is 0 Å². The van der Waals surface area contributed by atoms with E-state index in [4.69, 9.17) is 12.2 Å². The average Bonchev–Trinajstić information content (AvgIpc) is 2.98. The van der Waals surface area contributed by atoms with Gasteiger partial charge in [-0.2, -0.15) is 0 Å². The van der Waals surface area contributed by atoms with Crippen molar-refractivity contribution in [2.24, 2.45) is 5.92 Å². The Bertz CT molecular complexity index is 858. The fraction of sp³-hybridized carbons (Fsp3) is 0.471. The highest BCUT2D eigenvalue weighted by Crippen LogP contribution is 2.24. The maximum atomic E-state index is 12.5. The summed E-state index contributed by atoms with van der Waals surface area (Å²) < 4.78 is 1.74. The topological polar surface area (TPSA) is 87.1 Å². The van der Waals surface area contributed by atoms with Crippen LogP contribution in [0.2, 0.25) is 0 Å². The first-order valence-corrected chi connectivity index (χ1v) is 8.63. The van der Waals surface area contributed by atoms with Crippen LogP contribution in [0.4, 0.5) is 0 Å². The van der Waals surface area contributed by atoms with Crippen molar-refractivity contribution in [1.29, 1.82) is 0 Å². The number of para-hydroxylation sites is 1. The lowest BCUT2D eigenvalue weighted by Crippen LogP contribution is -2.33. The van der Waals surface area contributed by atoms with Crippen molar-refractivity contribution < 1.29 is 9.90 Å². The molecule has 1 aliphatic rings. The zero-order valence-electron chi connectivity index (χ0n) is 13.3. The van der Waals surface area contributed by atoms with Crippen LogP contribution in [0, 0.1) is 10.7 Å². The van der Waals surface area contributed by atoms with Crippen LogP contribution in [0.5, 0.6) is 0 Å². The minimum atomic E-state index is -0.317. The van der Waals surface area contributed by atoms with E-state index in [0.29, 0.717) is 22.2 Å². The van der Waals surface area contributed by atoms with Gasteiger partial charge in [-0.3, -0.25) is 14.2 Å². The van der Waals surface area contributed by atoms with Crippen molar-refractivity contribution in [3.8, 4) is 0 Å². The standard InChI is InChI=1S/C17H21N3O3S/c21-14-7-3-4-11(14)10-18-15(22)8-9-20-16(23)12-5-1-2-6-13(12)19-17(20)24/h1-2,5-6,11,14,21H,3-4,7-10H2,(H,18,22)(H,19,24)/t11-,14+/m0/s1. The molecule has 0 saturated heterocycles. The van der Waals surface area contributed by atoms with Gasteiger partial charge in [0.05, 0.1) is 17.0 Å². The molecule has 1 aliphatic carbocycles. The first kappa shape index (κ1) is 16.9. The molecule has 1 amide bonds. The van der Waals surface area contributed by atoms with Gasteiger partial charge in [-0.15, -0.1) is 0 Å². The number of aliphatic hydroxyl groups excluding tert-OH is 1. The van der Waals surface area contributed by atoms with E-state index in [0.717, 1.165) is 19.3 Å². The molecular formula is C17H21N3O3S. The van der Waals surface area contributed by atoms with Crippen molar-refractivity contribution in [3.05, 3.63) is 39.4 Å². The van der Waals surface area contributed by atoms with Gasteiger partial charge in [-0.25, -0.2) is 0 Å². The van der Waals surface area contributed by atoms with Gasteiger partial charge in [0.15, 0.2) is 4.77 Å². The Morgan fingerprint density at radius 3 is 2.92 bits per heavy atom. The Balaban J connectivity index is 1.64. The maximum Gasteiger partial charge on any atom is 0.262 e. The van der Waals surface area contributed by atoms with Crippen molar-refractivity contribution in [3.63, 3.8) is 0 Å². The molecule has 0 aliphatic heterocycles. The largest absolute Gasteiger partial charge is 0.393 e. The quantitative estimate of drug-likeness (QED) is 0.719. The molecule has 6 nitrogen and oxygen atoms in total. The zero-order chi connectivity index (χ0) is 17.1. The van der Waals surface area contributed by atoms with E-state index in [1.54, 1.807) is 18.2 Å². The summed E-state index contributed by atoms with van der Waals surface area (Å²) in [7, 11) is 0. The van der Waals surface area contributed by atoms with E-state index in [1.165, 1.54) is 4.57 Å². The van der Waals surface area contributed by atoms with Gasteiger partial charge < -0.3 is 15.4 Å². The predicted octanol–water partition coefficient (Wildman–Crippen LogP) is 1.73. The number of carbonyl (C=O) groups is 1. The summed E-state index contributed by atoms with van der Waals surface area (Å²) in [5, 5.41) is 13.2. The fourth-order valence-electron chi connectivity index (χ4n) is 3.20. The number of nitrogens with zero attached hydrogens (tertiary/aromatic N) is 1. The number of hydrogen-bond acceptors (Lipinski definition) is 4. The third-order valence-corrected chi connectivity index (χ3v) is 4.95. The van der Waals surface area contributed by atoms with Crippen molar-refractivity contribution in [2.75, 3.05) is 6.54 Å². The van der Waals surface area contributed by atoms with E-state index < -0.39 is 0 Å². The average molecular weight is 347 g/mol. The molecule has 1 saturated carbocycles. The normalized spacial score (nSPS) is 20.4. The molecule has 128 valence electrons. The Morgan fingerprint density at radius 1 is 1.38 bits per heavy atom. The molecule has 7 heteroatoms. The van der Waals surface area contributed by atoms with Gasteiger partial charge in [0, 0.05) is 25.4 Å². The highest BCUT2D eigenvalue weighted by Gasteiger charge is 2.25. The van der Waals surface area contributed by atoms with Gasteiger partial charge in [-0.05, 0) is 37.2 Å². The Kier molecular flexibility index (Phi) is 5.11. The summed E-state index contributed by atoms with van der Waals surface area (Å²) in [6, 6.07) is 7.17. The maximum absolute atomic E-state index is 12.5. The predicted molar refractivity (Wildman–Crippen MR) is 94.4 cm³/mol. The molecule has 1 aromatic heterocycles. The number of carbonyl (C=O) groups excluding carboxylic acids is 1. The van der Waals surface area contributed by atoms with Crippen LogP contribution in [0.25, 0.3) is 10.9 Å². The number of nitrogens with one attached hydrogen (secondary N) is 2. The van der Waals surface area contributed by atoms with Crippen molar-refractivity contribution in [2.45, 2.75) is 38.3 Å². The molecule has 1 heterocycles. The highest BCUT2D eigenvalue weighted by atomic mass is 32.1. The number of hydrogen-bond donors (Lipinski definition) is 3. The lowest BCUT2D eigenvalue weighted by Gasteiger charge is -2.15. The van der Waals surface area contributed by atoms with Crippen LogP contribution in [0.15, 0.2) is 29.1 Å². The molecule has 0 unspecified atom stereocenters. The van der Waals surface area contributed by atoms with E-state index in [1.807, 2.05) is 6.07 Å². The first-order chi connectivity index (χ1) is 11.6. The molecule has 0 radical (unpaired) electrons. The monoisotopic (exact) mass is 347 g/mol. The minimum absolute atomic E-state index is 0.136. The minimum Gasteiger partial charge on any atom is -0.393 e. The molecule has 1 aromatic carbocycles. The second-order valence-electron chi connectivity index (χ2n) is 6.24. The van der Waals surface area contributed by atoms with Gasteiger partial charge >= 0.3 is 0 Å². The van der Waals surface area contributed by atoms with Gasteiger partial charge in [0.25, 0.3) is 5.56 Å². The summed E-state index contributed by atoms with van der Waals surface area (Å²) in [6.07, 6.45) is 2.61. The number of rotatable bonds is 5. The first-order valence-electron chi connectivity index (χ1n) is 8.23. The number of aromatic amines is 1. The Morgan fingerprint density at radius 2 is 2.17 bits per heavy atom. The summed E-state index contributed by atoms with van der Waals surface area (Å²) in [5.41, 5.74) is 0.511. The number of benzene rings is 1. The number of amides is 1. The van der Waals surface area contributed by atoms with Crippen LogP contribution in [-0.2, 0) is 11.3 Å². The van der Waals surface area contributed by atoms with Crippen LogP contribution >= 0.6 is 12.2 Å². The highest BCUT2D eigenvalue weighted by molar-refractivity contribution is 7.71. The number of H-pyrrole nitrogens is 1. The second kappa shape index (κ2) is 7.27. The third kappa shape index (κ3) is 3.57. The molecule has 1 fully saturated rings. The smallest absolute Gasteiger partial charge is 0.262 e. The molecule has 0 spiro atoms. The summed E-state index contributed by atoms with van der Waals surface area (Å²) in [6.45, 7) is 0.720. The molecule has 24 heavy (non-hydrogen) atoms. The van der Waals surface area contributed by atoms with Crippen LogP contribution in [-0.4, -0.2) is 33.2 Å². The van der Waals surface area contributed by atoms with Crippen molar-refractivity contribution in [1.82, 2.24) is 14.9 Å². The van der Waals surface area contributed by atoms with E-state index >= 15 is 0 Å². The summed E-state index contributed by atoms with van der Waals surface area (Å²) in [5.74, 6) is 0.00347. The molecule has 0 bridgehead atoms.